The molecule has 0 amide bonds. The highest BCUT2D eigenvalue weighted by atomic mass is 35.5. The molecule has 0 saturated carbocycles. The molecule has 2 aliphatic rings. The van der Waals surface area contributed by atoms with Crippen molar-refractivity contribution in [3.63, 3.8) is 0 Å². The van der Waals surface area contributed by atoms with Crippen LogP contribution in [-0.4, -0.2) is 62.8 Å². The van der Waals surface area contributed by atoms with Crippen molar-refractivity contribution in [3.05, 3.63) is 75.7 Å². The van der Waals surface area contributed by atoms with Crippen LogP contribution < -0.4 is 10.6 Å². The average molecular weight is 634 g/mol. The Hall–Kier alpha value is -3.42. The lowest BCUT2D eigenvalue weighted by molar-refractivity contribution is 0.0866. The molecule has 4 heterocycles. The molecule has 1 atom stereocenters. The van der Waals surface area contributed by atoms with Crippen molar-refractivity contribution in [1.29, 1.82) is 5.26 Å². The van der Waals surface area contributed by atoms with Crippen LogP contribution in [0.1, 0.15) is 75.4 Å². The Morgan fingerprint density at radius 2 is 1.77 bits per heavy atom. The molecular formula is C33H38Cl2N8O. The smallest absolute Gasteiger partial charge is 0.109 e. The van der Waals surface area contributed by atoms with E-state index in [2.05, 4.69) is 63.9 Å². The van der Waals surface area contributed by atoms with E-state index in [0.29, 0.717) is 40.4 Å². The van der Waals surface area contributed by atoms with Gasteiger partial charge in [0.2, 0.25) is 0 Å². The van der Waals surface area contributed by atoms with Crippen LogP contribution in [0.2, 0.25) is 10.0 Å². The number of anilines is 2. The van der Waals surface area contributed by atoms with Gasteiger partial charge in [-0.25, -0.2) is 4.68 Å². The third kappa shape index (κ3) is 6.64. The topological polar surface area (TPSA) is 104 Å². The second kappa shape index (κ2) is 12.9. The van der Waals surface area contributed by atoms with Gasteiger partial charge in [-0.05, 0) is 76.3 Å². The van der Waals surface area contributed by atoms with E-state index < -0.39 is 0 Å². The number of likely N-dealkylation sites (tertiary alicyclic amines) is 1. The molecule has 0 aliphatic carbocycles. The van der Waals surface area contributed by atoms with Crippen molar-refractivity contribution in [1.82, 2.24) is 24.9 Å². The zero-order valence-corrected chi connectivity index (χ0v) is 26.9. The molecule has 44 heavy (non-hydrogen) atoms. The van der Waals surface area contributed by atoms with Crippen LogP contribution >= 0.6 is 23.2 Å². The van der Waals surface area contributed by atoms with E-state index in [1.54, 1.807) is 6.20 Å². The molecular weight excluding hydrogens is 595 g/mol. The predicted octanol–water partition coefficient (Wildman–Crippen LogP) is 7.23. The van der Waals surface area contributed by atoms with E-state index in [-0.39, 0.29) is 17.6 Å². The Kier molecular flexibility index (Phi) is 8.97. The molecule has 0 radical (unpaired) electrons. The van der Waals surface area contributed by atoms with E-state index in [1.165, 1.54) is 0 Å². The first kappa shape index (κ1) is 30.6. The lowest BCUT2D eigenvalue weighted by Crippen LogP contribution is -2.46. The number of nitriles is 1. The van der Waals surface area contributed by atoms with Crippen LogP contribution in [0.3, 0.4) is 0 Å². The number of halogens is 2. The Balaban J connectivity index is 1.33. The minimum Gasteiger partial charge on any atom is -0.381 e. The van der Waals surface area contributed by atoms with Gasteiger partial charge in [-0.1, -0.05) is 40.5 Å². The molecule has 2 aromatic carbocycles. The van der Waals surface area contributed by atoms with Crippen LogP contribution in [0.25, 0.3) is 10.9 Å². The van der Waals surface area contributed by atoms with E-state index in [1.807, 2.05) is 41.1 Å². The summed E-state index contributed by atoms with van der Waals surface area (Å²) in [6.45, 7) is 10.2. The summed E-state index contributed by atoms with van der Waals surface area (Å²) >= 11 is 13.1. The van der Waals surface area contributed by atoms with Crippen molar-refractivity contribution >= 4 is 45.5 Å². The van der Waals surface area contributed by atoms with Crippen LogP contribution in [0.4, 0.5) is 11.4 Å². The van der Waals surface area contributed by atoms with Gasteiger partial charge in [-0.3, -0.25) is 9.88 Å². The van der Waals surface area contributed by atoms with Crippen molar-refractivity contribution in [2.45, 2.75) is 70.1 Å². The number of aromatic nitrogens is 4. The van der Waals surface area contributed by atoms with Gasteiger partial charge in [0.1, 0.15) is 11.8 Å². The van der Waals surface area contributed by atoms with Gasteiger partial charge in [-0.15, -0.1) is 5.10 Å². The third-order valence-electron chi connectivity index (χ3n) is 8.74. The summed E-state index contributed by atoms with van der Waals surface area (Å²) in [5, 5.41) is 28.4. The molecule has 2 fully saturated rings. The fraction of sp³-hybridized carbons (Fsp3) is 0.455. The summed E-state index contributed by atoms with van der Waals surface area (Å²) in [5.41, 5.74) is 4.59. The highest BCUT2D eigenvalue weighted by Gasteiger charge is 2.29. The third-order valence-corrected chi connectivity index (χ3v) is 9.28. The molecule has 2 saturated heterocycles. The molecule has 0 spiro atoms. The number of hydrogen-bond donors (Lipinski definition) is 2. The van der Waals surface area contributed by atoms with E-state index >= 15 is 0 Å². The first-order valence-electron chi connectivity index (χ1n) is 15.2. The summed E-state index contributed by atoms with van der Waals surface area (Å²) in [6, 6.07) is 14.1. The van der Waals surface area contributed by atoms with Gasteiger partial charge >= 0.3 is 0 Å². The maximum atomic E-state index is 9.94. The van der Waals surface area contributed by atoms with Crippen molar-refractivity contribution < 1.29 is 4.74 Å². The fourth-order valence-electron chi connectivity index (χ4n) is 6.18. The number of benzene rings is 2. The van der Waals surface area contributed by atoms with Crippen molar-refractivity contribution in [2.75, 3.05) is 36.9 Å². The normalized spacial score (nSPS) is 17.8. The highest BCUT2D eigenvalue weighted by Crippen LogP contribution is 2.37. The van der Waals surface area contributed by atoms with E-state index in [4.69, 9.17) is 27.9 Å². The largest absolute Gasteiger partial charge is 0.381 e. The SMILES string of the molecule is CC(C)(C)N1CCC(n2cc(C(Nc3cc(Cl)c4ncc(C#N)c(NC5CCOCC5)c4c3)c3ccc(Cl)cc3)nn2)CC1. The summed E-state index contributed by atoms with van der Waals surface area (Å²) in [4.78, 5) is 7.06. The van der Waals surface area contributed by atoms with Crippen LogP contribution in [0.15, 0.2) is 48.8 Å². The lowest BCUT2D eigenvalue weighted by Gasteiger charge is -2.40. The molecule has 1 unspecified atom stereocenters. The van der Waals surface area contributed by atoms with Gasteiger partial charge in [0.25, 0.3) is 0 Å². The molecule has 6 rings (SSSR count). The maximum absolute atomic E-state index is 9.94. The number of fused-ring (bicyclic) bond motifs is 1. The zero-order valence-electron chi connectivity index (χ0n) is 25.4. The molecule has 11 heteroatoms. The Labute approximate surface area is 268 Å². The second-order valence-electron chi connectivity index (χ2n) is 12.7. The minimum atomic E-state index is -0.316. The molecule has 4 aromatic rings. The first-order chi connectivity index (χ1) is 21.2. The molecule has 2 aliphatic heterocycles. The summed E-state index contributed by atoms with van der Waals surface area (Å²) < 4.78 is 7.56. The first-order valence-corrected chi connectivity index (χ1v) is 16.0. The summed E-state index contributed by atoms with van der Waals surface area (Å²) in [7, 11) is 0. The van der Waals surface area contributed by atoms with Crippen LogP contribution in [0.5, 0.6) is 0 Å². The Morgan fingerprint density at radius 3 is 2.45 bits per heavy atom. The number of pyridine rings is 1. The van der Waals surface area contributed by atoms with E-state index in [9.17, 15) is 5.26 Å². The van der Waals surface area contributed by atoms with Gasteiger partial charge in [0.15, 0.2) is 0 Å². The lowest BCUT2D eigenvalue weighted by atomic mass is 9.98. The number of piperidine rings is 1. The number of nitrogens with zero attached hydrogens (tertiary/aromatic N) is 6. The quantitative estimate of drug-likeness (QED) is 0.220. The van der Waals surface area contributed by atoms with Crippen LogP contribution in [-0.2, 0) is 4.74 Å². The number of nitrogens with one attached hydrogen (secondary N) is 2. The molecule has 9 nitrogen and oxygen atoms in total. The summed E-state index contributed by atoms with van der Waals surface area (Å²) in [6.07, 6.45) is 7.42. The van der Waals surface area contributed by atoms with Crippen LogP contribution in [0, 0.1) is 11.3 Å². The standard InChI is InChI=1S/C33H38Cl2N8O/c1-33(2,3)42-12-8-26(9-13-42)43-20-29(40-41-43)31(21-4-6-23(34)7-5-21)39-25-16-27-30(38-24-10-14-44-15-11-24)22(18-36)19-37-32(27)28(35)17-25/h4-7,16-17,19-20,24,26,31,39H,8-15H2,1-3H3,(H,37,38). The predicted molar refractivity (Wildman–Crippen MR) is 175 cm³/mol. The van der Waals surface area contributed by atoms with Gasteiger partial charge in [0, 0.05) is 60.2 Å². The monoisotopic (exact) mass is 632 g/mol. The minimum absolute atomic E-state index is 0.160. The molecule has 2 aromatic heterocycles. The fourth-order valence-corrected chi connectivity index (χ4v) is 6.58. The second-order valence-corrected chi connectivity index (χ2v) is 13.5. The molecule has 2 N–H and O–H groups in total. The van der Waals surface area contributed by atoms with E-state index in [0.717, 1.165) is 66.8 Å². The zero-order chi connectivity index (χ0) is 30.8. The Bertz CT molecular complexity index is 1650. The molecule has 230 valence electrons. The van der Waals surface area contributed by atoms with Crippen molar-refractivity contribution in [3.8, 4) is 6.07 Å². The highest BCUT2D eigenvalue weighted by molar-refractivity contribution is 6.36. The number of rotatable bonds is 7. The Morgan fingerprint density at radius 1 is 1.05 bits per heavy atom. The van der Waals surface area contributed by atoms with Gasteiger partial charge < -0.3 is 15.4 Å². The maximum Gasteiger partial charge on any atom is 0.109 e. The van der Waals surface area contributed by atoms with Crippen molar-refractivity contribution in [2.24, 2.45) is 0 Å². The average Bonchev–Trinajstić information content (AvgIpc) is 3.51. The summed E-state index contributed by atoms with van der Waals surface area (Å²) in [5.74, 6) is 0. The van der Waals surface area contributed by atoms with Gasteiger partial charge in [0.05, 0.1) is 40.1 Å². The van der Waals surface area contributed by atoms with Gasteiger partial charge in [-0.2, -0.15) is 5.26 Å². The number of ether oxygens (including phenoxy) is 1. The number of hydrogen-bond acceptors (Lipinski definition) is 8. The molecule has 0 bridgehead atoms.